The van der Waals surface area contributed by atoms with Gasteiger partial charge in [0.25, 0.3) is 0 Å². The molecule has 1 aromatic carbocycles. The number of nitrogens with one attached hydrogen (secondary N) is 1. The highest BCUT2D eigenvalue weighted by Crippen LogP contribution is 2.28. The topological polar surface area (TPSA) is 51.0 Å². The lowest BCUT2D eigenvalue weighted by Crippen LogP contribution is -2.02. The Morgan fingerprint density at radius 2 is 1.90 bits per heavy atom. The number of benzene rings is 1. The molecule has 4 heteroatoms. The van der Waals surface area contributed by atoms with Crippen molar-refractivity contribution in [2.45, 2.75) is 19.8 Å². The van der Waals surface area contributed by atoms with Gasteiger partial charge >= 0.3 is 0 Å². The predicted molar refractivity (Wildman–Crippen MR) is 80.9 cm³/mol. The Morgan fingerprint density at radius 3 is 2.60 bits per heavy atom. The van der Waals surface area contributed by atoms with E-state index in [1.54, 1.807) is 0 Å². The average molecular weight is 267 g/mol. The second-order valence-electron chi connectivity index (χ2n) is 5.05. The van der Waals surface area contributed by atoms with Crippen molar-refractivity contribution in [2.75, 3.05) is 12.4 Å². The van der Waals surface area contributed by atoms with Gasteiger partial charge in [-0.15, -0.1) is 0 Å². The highest BCUT2D eigenvalue weighted by Gasteiger charge is 2.12. The van der Waals surface area contributed by atoms with Crippen LogP contribution in [0.1, 0.15) is 25.6 Å². The molecule has 3 rings (SSSR count). The Balaban J connectivity index is 2.14. The van der Waals surface area contributed by atoms with Crippen molar-refractivity contribution < 1.29 is 4.42 Å². The third-order valence-electron chi connectivity index (χ3n) is 3.19. The fourth-order valence-electron chi connectivity index (χ4n) is 2.09. The van der Waals surface area contributed by atoms with E-state index < -0.39 is 0 Å². The van der Waals surface area contributed by atoms with E-state index in [-0.39, 0.29) is 5.92 Å². The average Bonchev–Trinajstić information content (AvgIpc) is 2.90. The fourth-order valence-corrected chi connectivity index (χ4v) is 2.09. The van der Waals surface area contributed by atoms with E-state index in [4.69, 9.17) is 4.42 Å². The van der Waals surface area contributed by atoms with E-state index in [9.17, 15) is 0 Å². The third kappa shape index (κ3) is 2.25. The van der Waals surface area contributed by atoms with Crippen molar-refractivity contribution in [1.82, 2.24) is 9.97 Å². The van der Waals surface area contributed by atoms with E-state index in [0.29, 0.717) is 0 Å². The first-order chi connectivity index (χ1) is 9.67. The molecule has 0 aliphatic carbocycles. The van der Waals surface area contributed by atoms with Gasteiger partial charge in [-0.3, -0.25) is 0 Å². The van der Waals surface area contributed by atoms with Crippen molar-refractivity contribution in [1.29, 1.82) is 0 Å². The summed E-state index contributed by atoms with van der Waals surface area (Å²) in [6, 6.07) is 11.9. The van der Waals surface area contributed by atoms with Gasteiger partial charge in [-0.2, -0.15) is 0 Å². The lowest BCUT2D eigenvalue weighted by molar-refractivity contribution is 0.626. The van der Waals surface area contributed by atoms with Gasteiger partial charge in [-0.1, -0.05) is 32.0 Å². The maximum Gasteiger partial charge on any atom is 0.154 e. The number of rotatable bonds is 3. The summed E-state index contributed by atoms with van der Waals surface area (Å²) < 4.78 is 5.87. The number of para-hydroxylation sites is 1. The molecule has 0 spiro atoms. The Hall–Kier alpha value is -2.36. The summed E-state index contributed by atoms with van der Waals surface area (Å²) in [5.41, 5.74) is 1.68. The Bertz CT molecular complexity index is 713. The molecular formula is C16H17N3O. The van der Waals surface area contributed by atoms with Crippen LogP contribution in [-0.4, -0.2) is 17.0 Å². The number of hydrogen-bond acceptors (Lipinski definition) is 4. The van der Waals surface area contributed by atoms with Crippen molar-refractivity contribution >= 4 is 16.8 Å². The molecule has 0 amide bonds. The molecule has 0 fully saturated rings. The minimum absolute atomic E-state index is 0.270. The molecule has 20 heavy (non-hydrogen) atoms. The SMILES string of the molecule is CNc1cc(-c2cc3ccccc3o2)nc(C(C)C)n1. The molecule has 0 unspecified atom stereocenters. The molecule has 0 atom stereocenters. The Morgan fingerprint density at radius 1 is 1.10 bits per heavy atom. The molecule has 0 saturated carbocycles. The summed E-state index contributed by atoms with van der Waals surface area (Å²) in [7, 11) is 1.86. The van der Waals surface area contributed by atoms with Crippen molar-refractivity contribution in [3.63, 3.8) is 0 Å². The normalized spacial score (nSPS) is 11.2. The molecule has 1 N–H and O–H groups in total. The molecule has 0 aliphatic rings. The molecule has 102 valence electrons. The van der Waals surface area contributed by atoms with Gasteiger partial charge < -0.3 is 9.73 Å². The smallest absolute Gasteiger partial charge is 0.154 e. The molecule has 3 aromatic rings. The summed E-state index contributed by atoms with van der Waals surface area (Å²) in [6.45, 7) is 4.16. The molecule has 2 heterocycles. The number of hydrogen-bond donors (Lipinski definition) is 1. The molecule has 2 aromatic heterocycles. The Labute approximate surface area is 117 Å². The van der Waals surface area contributed by atoms with Crippen LogP contribution in [-0.2, 0) is 0 Å². The molecule has 0 bridgehead atoms. The second-order valence-corrected chi connectivity index (χ2v) is 5.05. The third-order valence-corrected chi connectivity index (χ3v) is 3.19. The first-order valence-corrected chi connectivity index (χ1v) is 6.73. The van der Waals surface area contributed by atoms with E-state index in [1.807, 2.05) is 43.4 Å². The van der Waals surface area contributed by atoms with E-state index in [2.05, 4.69) is 29.1 Å². The summed E-state index contributed by atoms with van der Waals surface area (Å²) in [5.74, 6) is 2.66. The van der Waals surface area contributed by atoms with Crippen LogP contribution in [0.2, 0.25) is 0 Å². The van der Waals surface area contributed by atoms with Crippen LogP contribution in [0.15, 0.2) is 40.8 Å². The van der Waals surface area contributed by atoms with Crippen LogP contribution in [0.4, 0.5) is 5.82 Å². The largest absolute Gasteiger partial charge is 0.454 e. The van der Waals surface area contributed by atoms with Gasteiger partial charge in [-0.05, 0) is 12.1 Å². The molecule has 4 nitrogen and oxygen atoms in total. The zero-order valence-electron chi connectivity index (χ0n) is 11.8. The Kier molecular flexibility index (Phi) is 3.14. The van der Waals surface area contributed by atoms with Gasteiger partial charge in [0.05, 0.1) is 0 Å². The van der Waals surface area contributed by atoms with Crippen molar-refractivity contribution in [3.8, 4) is 11.5 Å². The van der Waals surface area contributed by atoms with E-state index in [1.165, 1.54) is 0 Å². The van der Waals surface area contributed by atoms with E-state index in [0.717, 1.165) is 34.1 Å². The van der Waals surface area contributed by atoms with Crippen LogP contribution in [0, 0.1) is 0 Å². The first-order valence-electron chi connectivity index (χ1n) is 6.73. The highest BCUT2D eigenvalue weighted by atomic mass is 16.3. The highest BCUT2D eigenvalue weighted by molar-refractivity contribution is 5.82. The van der Waals surface area contributed by atoms with Crippen molar-refractivity contribution in [2.24, 2.45) is 0 Å². The first kappa shape index (κ1) is 12.7. The number of anilines is 1. The standard InChI is InChI=1S/C16H17N3O/c1-10(2)16-18-12(9-15(17-3)19-16)14-8-11-6-4-5-7-13(11)20-14/h4-10H,1-3H3,(H,17,18,19). The predicted octanol–water partition coefficient (Wildman–Crippen LogP) is 4.05. The van der Waals surface area contributed by atoms with Crippen LogP contribution in [0.5, 0.6) is 0 Å². The zero-order valence-corrected chi connectivity index (χ0v) is 11.8. The van der Waals surface area contributed by atoms with Gasteiger partial charge in [0.2, 0.25) is 0 Å². The van der Waals surface area contributed by atoms with Crippen LogP contribution < -0.4 is 5.32 Å². The summed E-state index contributed by atoms with van der Waals surface area (Å²) in [4.78, 5) is 9.07. The zero-order chi connectivity index (χ0) is 14.1. The van der Waals surface area contributed by atoms with Gasteiger partial charge in [0, 0.05) is 24.4 Å². The summed E-state index contributed by atoms with van der Waals surface area (Å²) >= 11 is 0. The fraction of sp³-hybridized carbons (Fsp3) is 0.250. The number of aromatic nitrogens is 2. The van der Waals surface area contributed by atoms with Crippen LogP contribution >= 0.6 is 0 Å². The summed E-state index contributed by atoms with van der Waals surface area (Å²) in [5, 5.41) is 4.16. The molecule has 0 aliphatic heterocycles. The lowest BCUT2D eigenvalue weighted by Gasteiger charge is -2.08. The monoisotopic (exact) mass is 267 g/mol. The quantitative estimate of drug-likeness (QED) is 0.777. The van der Waals surface area contributed by atoms with Crippen LogP contribution in [0.25, 0.3) is 22.4 Å². The van der Waals surface area contributed by atoms with E-state index >= 15 is 0 Å². The van der Waals surface area contributed by atoms with Gasteiger partial charge in [-0.25, -0.2) is 9.97 Å². The number of furan rings is 1. The number of nitrogens with zero attached hydrogens (tertiary/aromatic N) is 2. The summed E-state index contributed by atoms with van der Waals surface area (Å²) in [6.07, 6.45) is 0. The minimum atomic E-state index is 0.270. The van der Waals surface area contributed by atoms with Gasteiger partial charge in [0.15, 0.2) is 5.76 Å². The number of fused-ring (bicyclic) bond motifs is 1. The maximum absolute atomic E-state index is 5.87. The lowest BCUT2D eigenvalue weighted by atomic mass is 10.2. The van der Waals surface area contributed by atoms with Crippen LogP contribution in [0.3, 0.4) is 0 Å². The second kappa shape index (κ2) is 4.96. The molecular weight excluding hydrogens is 250 g/mol. The maximum atomic E-state index is 5.87. The van der Waals surface area contributed by atoms with Crippen molar-refractivity contribution in [3.05, 3.63) is 42.2 Å². The molecule has 0 saturated heterocycles. The minimum Gasteiger partial charge on any atom is -0.454 e. The van der Waals surface area contributed by atoms with Gasteiger partial charge in [0.1, 0.15) is 22.9 Å². The molecule has 0 radical (unpaired) electrons.